The summed E-state index contributed by atoms with van der Waals surface area (Å²) in [6, 6.07) is 0. The van der Waals surface area contributed by atoms with E-state index in [0.717, 1.165) is 49.1 Å². The highest BCUT2D eigenvalue weighted by Gasteiger charge is 2.22. The smallest absolute Gasteiger partial charge is 0.188 e. The van der Waals surface area contributed by atoms with Crippen LogP contribution in [0.1, 0.15) is 18.5 Å². The van der Waals surface area contributed by atoms with Crippen molar-refractivity contribution in [2.75, 3.05) is 45.2 Å². The zero-order chi connectivity index (χ0) is 15.7. The molecule has 122 valence electrons. The van der Waals surface area contributed by atoms with E-state index in [1.54, 1.807) is 11.3 Å². The van der Waals surface area contributed by atoms with Crippen molar-refractivity contribution in [3.05, 3.63) is 5.69 Å². The fourth-order valence-corrected chi connectivity index (χ4v) is 3.90. The van der Waals surface area contributed by atoms with Gasteiger partial charge < -0.3 is 14.5 Å². The minimum Gasteiger partial charge on any atom is -0.376 e. The third kappa shape index (κ3) is 3.26. The first kappa shape index (κ1) is 15.7. The Morgan fingerprint density at radius 3 is 2.82 bits per heavy atom. The van der Waals surface area contributed by atoms with Gasteiger partial charge in [0.25, 0.3) is 0 Å². The van der Waals surface area contributed by atoms with Crippen molar-refractivity contribution in [2.24, 2.45) is 7.05 Å². The van der Waals surface area contributed by atoms with E-state index in [9.17, 15) is 0 Å². The number of aromatic nitrogens is 3. The second-order valence-corrected chi connectivity index (χ2v) is 7.22. The fourth-order valence-electron chi connectivity index (χ4n) is 2.83. The molecule has 3 rings (SSSR count). The van der Waals surface area contributed by atoms with Gasteiger partial charge in [-0.2, -0.15) is 5.10 Å². The van der Waals surface area contributed by atoms with Crippen LogP contribution in [0.5, 0.6) is 0 Å². The SMILES string of the molecule is Cc1nn(C)c2nc(N(CCN(C)C)C[C@H]3CCCO3)sc12. The summed E-state index contributed by atoms with van der Waals surface area (Å²) in [7, 11) is 6.18. The highest BCUT2D eigenvalue weighted by molar-refractivity contribution is 7.22. The second-order valence-electron chi connectivity index (χ2n) is 6.24. The number of thiazole rings is 1. The summed E-state index contributed by atoms with van der Waals surface area (Å²) in [6.45, 7) is 5.86. The first-order valence-corrected chi connectivity index (χ1v) is 8.67. The van der Waals surface area contributed by atoms with Gasteiger partial charge in [-0.25, -0.2) is 9.67 Å². The topological polar surface area (TPSA) is 46.4 Å². The second kappa shape index (κ2) is 6.52. The molecule has 2 aromatic heterocycles. The molecule has 6 nitrogen and oxygen atoms in total. The Kier molecular flexibility index (Phi) is 4.65. The maximum Gasteiger partial charge on any atom is 0.188 e. The van der Waals surface area contributed by atoms with E-state index in [-0.39, 0.29) is 0 Å². The van der Waals surface area contributed by atoms with Gasteiger partial charge in [-0.1, -0.05) is 11.3 Å². The van der Waals surface area contributed by atoms with Crippen LogP contribution in [0.3, 0.4) is 0 Å². The van der Waals surface area contributed by atoms with E-state index in [1.807, 2.05) is 11.7 Å². The molecule has 0 unspecified atom stereocenters. The largest absolute Gasteiger partial charge is 0.376 e. The normalized spacial score (nSPS) is 18.7. The minimum atomic E-state index is 0.341. The number of likely N-dealkylation sites (N-methyl/N-ethyl adjacent to an activating group) is 1. The number of nitrogens with zero attached hydrogens (tertiary/aromatic N) is 5. The van der Waals surface area contributed by atoms with Gasteiger partial charge >= 0.3 is 0 Å². The van der Waals surface area contributed by atoms with Gasteiger partial charge in [0.2, 0.25) is 0 Å². The molecule has 0 bridgehead atoms. The summed E-state index contributed by atoms with van der Waals surface area (Å²) in [5.41, 5.74) is 2.05. The standard InChI is InChI=1S/C15H25N5OS/c1-11-13-14(19(4)17-11)16-15(22-13)20(8-7-18(2)3)10-12-6-5-9-21-12/h12H,5-10H2,1-4H3/t12-/m1/s1. The van der Waals surface area contributed by atoms with Crippen LogP contribution >= 0.6 is 11.3 Å². The van der Waals surface area contributed by atoms with Gasteiger partial charge in [-0.3, -0.25) is 0 Å². The molecule has 1 fully saturated rings. The molecule has 0 amide bonds. The van der Waals surface area contributed by atoms with Crippen molar-refractivity contribution in [3.8, 4) is 0 Å². The van der Waals surface area contributed by atoms with Gasteiger partial charge in [0.1, 0.15) is 0 Å². The molecule has 0 radical (unpaired) electrons. The van der Waals surface area contributed by atoms with Crippen LogP contribution < -0.4 is 4.90 Å². The maximum atomic E-state index is 5.82. The van der Waals surface area contributed by atoms with Crippen LogP contribution in [-0.2, 0) is 11.8 Å². The van der Waals surface area contributed by atoms with Crippen LogP contribution in [0.4, 0.5) is 5.13 Å². The van der Waals surface area contributed by atoms with Gasteiger partial charge in [-0.05, 0) is 33.9 Å². The van der Waals surface area contributed by atoms with E-state index in [2.05, 4.69) is 35.9 Å². The predicted molar refractivity (Wildman–Crippen MR) is 90.9 cm³/mol. The molecule has 0 aromatic carbocycles. The maximum absolute atomic E-state index is 5.82. The van der Waals surface area contributed by atoms with Crippen LogP contribution in [0, 0.1) is 6.92 Å². The van der Waals surface area contributed by atoms with Crippen molar-refractivity contribution >= 4 is 26.8 Å². The Morgan fingerprint density at radius 2 is 2.18 bits per heavy atom. The van der Waals surface area contributed by atoms with Crippen LogP contribution in [0.15, 0.2) is 0 Å². The van der Waals surface area contributed by atoms with E-state index < -0.39 is 0 Å². The molecule has 22 heavy (non-hydrogen) atoms. The molecule has 1 aliphatic heterocycles. The highest BCUT2D eigenvalue weighted by atomic mass is 32.1. The summed E-state index contributed by atoms with van der Waals surface area (Å²) in [5.74, 6) is 0. The van der Waals surface area contributed by atoms with Gasteiger partial charge in [0, 0.05) is 33.3 Å². The lowest BCUT2D eigenvalue weighted by Gasteiger charge is -2.26. The zero-order valence-corrected chi connectivity index (χ0v) is 14.7. The average Bonchev–Trinajstić information content (AvgIpc) is 3.15. The van der Waals surface area contributed by atoms with E-state index in [1.165, 1.54) is 11.1 Å². The Balaban J connectivity index is 1.82. The quantitative estimate of drug-likeness (QED) is 0.812. The van der Waals surface area contributed by atoms with Crippen LogP contribution in [0.25, 0.3) is 10.3 Å². The fraction of sp³-hybridized carbons (Fsp3) is 0.733. The van der Waals surface area contributed by atoms with E-state index in [0.29, 0.717) is 6.10 Å². The van der Waals surface area contributed by atoms with Crippen molar-refractivity contribution in [1.82, 2.24) is 19.7 Å². The first-order chi connectivity index (χ1) is 10.5. The molecule has 0 aliphatic carbocycles. The Hall–Kier alpha value is -1.18. The highest BCUT2D eigenvalue weighted by Crippen LogP contribution is 2.31. The van der Waals surface area contributed by atoms with Crippen molar-refractivity contribution in [2.45, 2.75) is 25.9 Å². The molecule has 2 aromatic rings. The number of aryl methyl sites for hydroxylation is 2. The van der Waals surface area contributed by atoms with E-state index >= 15 is 0 Å². The molecule has 1 saturated heterocycles. The number of hydrogen-bond acceptors (Lipinski definition) is 6. The minimum absolute atomic E-state index is 0.341. The Bertz CT molecular complexity index is 595. The van der Waals surface area contributed by atoms with Gasteiger partial charge in [-0.15, -0.1) is 0 Å². The number of rotatable bonds is 6. The molecule has 0 spiro atoms. The Labute approximate surface area is 135 Å². The van der Waals surface area contributed by atoms with Crippen LogP contribution in [-0.4, -0.2) is 66.1 Å². The lowest BCUT2D eigenvalue weighted by Crippen LogP contribution is -2.37. The summed E-state index contributed by atoms with van der Waals surface area (Å²) >= 11 is 1.75. The summed E-state index contributed by atoms with van der Waals surface area (Å²) < 4.78 is 8.89. The summed E-state index contributed by atoms with van der Waals surface area (Å²) in [4.78, 5) is 9.41. The number of fused-ring (bicyclic) bond motifs is 1. The average molecular weight is 323 g/mol. The Morgan fingerprint density at radius 1 is 1.36 bits per heavy atom. The van der Waals surface area contributed by atoms with E-state index in [4.69, 9.17) is 9.72 Å². The predicted octanol–water partition coefficient (Wildman–Crippen LogP) is 1.89. The summed E-state index contributed by atoms with van der Waals surface area (Å²) in [6.07, 6.45) is 2.67. The van der Waals surface area contributed by atoms with Crippen LogP contribution in [0.2, 0.25) is 0 Å². The molecular formula is C15H25N5OS. The third-order valence-corrected chi connectivity index (χ3v) is 5.28. The number of hydrogen-bond donors (Lipinski definition) is 0. The molecule has 7 heteroatoms. The molecule has 1 aliphatic rings. The molecule has 0 N–H and O–H groups in total. The lowest BCUT2D eigenvalue weighted by atomic mass is 10.2. The molecule has 0 saturated carbocycles. The monoisotopic (exact) mass is 323 g/mol. The number of ether oxygens (including phenoxy) is 1. The summed E-state index contributed by atoms with van der Waals surface area (Å²) in [5, 5.41) is 5.53. The van der Waals surface area contributed by atoms with Crippen molar-refractivity contribution in [3.63, 3.8) is 0 Å². The van der Waals surface area contributed by atoms with Gasteiger partial charge in [0.05, 0.1) is 16.5 Å². The van der Waals surface area contributed by atoms with Crippen molar-refractivity contribution in [1.29, 1.82) is 0 Å². The van der Waals surface area contributed by atoms with Crippen molar-refractivity contribution < 1.29 is 4.74 Å². The molecular weight excluding hydrogens is 298 g/mol. The molecule has 3 heterocycles. The third-order valence-electron chi connectivity index (χ3n) is 4.07. The molecule has 1 atom stereocenters. The number of anilines is 1. The van der Waals surface area contributed by atoms with Gasteiger partial charge in [0.15, 0.2) is 10.8 Å². The lowest BCUT2D eigenvalue weighted by molar-refractivity contribution is 0.115. The first-order valence-electron chi connectivity index (χ1n) is 7.86. The zero-order valence-electron chi connectivity index (χ0n) is 13.9.